The predicted molar refractivity (Wildman–Crippen MR) is 84.4 cm³/mol. The fourth-order valence-corrected chi connectivity index (χ4v) is 3.79. The average molecular weight is 389 g/mol. The lowest BCUT2D eigenvalue weighted by Gasteiger charge is -2.17. The van der Waals surface area contributed by atoms with Gasteiger partial charge in [-0.3, -0.25) is 0 Å². The second-order valence-corrected chi connectivity index (χ2v) is 7.13. The van der Waals surface area contributed by atoms with Gasteiger partial charge in [0.15, 0.2) is 11.5 Å². The number of hydrogen-bond acceptors (Lipinski definition) is 5. The Hall–Kier alpha value is -2.46. The lowest BCUT2D eigenvalue weighted by molar-refractivity contribution is -0.275. The van der Waals surface area contributed by atoms with Gasteiger partial charge in [0.05, 0.1) is 0 Å². The Morgan fingerprint density at radius 2 is 1.81 bits per heavy atom. The molecule has 1 atom stereocenters. The number of alkyl halides is 3. The number of nitrogens with one attached hydrogen (secondary N) is 1. The van der Waals surface area contributed by atoms with Crippen LogP contribution in [0.5, 0.6) is 17.2 Å². The van der Waals surface area contributed by atoms with Gasteiger partial charge in [0.25, 0.3) is 0 Å². The summed E-state index contributed by atoms with van der Waals surface area (Å²) in [7, 11) is -4.27. The van der Waals surface area contributed by atoms with Crippen LogP contribution in [0.4, 0.5) is 13.2 Å². The number of benzene rings is 2. The topological polar surface area (TPSA) is 73.9 Å². The van der Waals surface area contributed by atoms with Crippen LogP contribution in [0, 0.1) is 0 Å². The highest BCUT2D eigenvalue weighted by molar-refractivity contribution is 7.89. The van der Waals surface area contributed by atoms with Gasteiger partial charge in [-0.2, -0.15) is 0 Å². The van der Waals surface area contributed by atoms with Crippen molar-refractivity contribution in [1.29, 1.82) is 0 Å². The minimum atomic E-state index is -5.01. The molecule has 0 aliphatic carbocycles. The molecule has 0 aromatic heterocycles. The van der Waals surface area contributed by atoms with Crippen LogP contribution in [0.2, 0.25) is 0 Å². The van der Waals surface area contributed by atoms with Gasteiger partial charge >= 0.3 is 6.36 Å². The Kier molecular flexibility index (Phi) is 4.72. The number of ether oxygens (including phenoxy) is 3. The summed E-state index contributed by atoms with van der Waals surface area (Å²) in [6.07, 6.45) is -5.01. The van der Waals surface area contributed by atoms with Gasteiger partial charge in [0.2, 0.25) is 16.8 Å². The first kappa shape index (κ1) is 18.3. The molecule has 0 saturated carbocycles. The molecule has 0 saturated heterocycles. The monoisotopic (exact) mass is 389 g/mol. The largest absolute Gasteiger partial charge is 0.573 e. The van der Waals surface area contributed by atoms with Crippen LogP contribution < -0.4 is 18.9 Å². The molecular weight excluding hydrogens is 375 g/mol. The van der Waals surface area contributed by atoms with E-state index in [9.17, 15) is 21.6 Å². The van der Waals surface area contributed by atoms with Crippen molar-refractivity contribution in [3.8, 4) is 17.2 Å². The summed E-state index contributed by atoms with van der Waals surface area (Å²) in [4.78, 5) is -0.607. The number of para-hydroxylation sites is 1. The lowest BCUT2D eigenvalue weighted by Crippen LogP contribution is -2.28. The average Bonchev–Trinajstić information content (AvgIpc) is 3.00. The fraction of sp³-hybridized carbons (Fsp3) is 0.250. The molecule has 2 aromatic carbocycles. The molecule has 0 spiro atoms. The molecule has 2 aromatic rings. The molecule has 26 heavy (non-hydrogen) atoms. The van der Waals surface area contributed by atoms with Gasteiger partial charge in [-0.1, -0.05) is 18.2 Å². The van der Waals surface area contributed by atoms with E-state index in [2.05, 4.69) is 9.46 Å². The number of sulfonamides is 1. The molecule has 140 valence electrons. The minimum Gasteiger partial charge on any atom is -0.454 e. The van der Waals surface area contributed by atoms with E-state index in [4.69, 9.17) is 9.47 Å². The molecule has 0 radical (unpaired) electrons. The first-order valence-corrected chi connectivity index (χ1v) is 8.91. The van der Waals surface area contributed by atoms with Gasteiger partial charge in [-0.25, -0.2) is 13.1 Å². The van der Waals surface area contributed by atoms with Crippen molar-refractivity contribution in [2.24, 2.45) is 0 Å². The van der Waals surface area contributed by atoms with Gasteiger partial charge in [-0.05, 0) is 36.8 Å². The highest BCUT2D eigenvalue weighted by Crippen LogP contribution is 2.35. The molecule has 0 bridgehead atoms. The molecular formula is C16H14F3NO5S. The van der Waals surface area contributed by atoms with Crippen molar-refractivity contribution in [2.75, 3.05) is 6.79 Å². The second kappa shape index (κ2) is 6.69. The maximum atomic E-state index is 12.5. The number of halogens is 3. The summed E-state index contributed by atoms with van der Waals surface area (Å²) in [6, 6.07) is 8.68. The second-order valence-electron chi connectivity index (χ2n) is 5.45. The van der Waals surface area contributed by atoms with Gasteiger partial charge in [0.1, 0.15) is 10.6 Å². The maximum Gasteiger partial charge on any atom is 0.573 e. The summed E-state index contributed by atoms with van der Waals surface area (Å²) in [5.41, 5.74) is 0.562. The third kappa shape index (κ3) is 4.02. The van der Waals surface area contributed by atoms with Gasteiger partial charge in [-0.15, -0.1) is 13.2 Å². The molecule has 10 heteroatoms. The zero-order valence-corrected chi connectivity index (χ0v) is 14.2. The first-order chi connectivity index (χ1) is 12.2. The lowest BCUT2D eigenvalue weighted by atomic mass is 10.1. The van der Waals surface area contributed by atoms with Crippen LogP contribution >= 0.6 is 0 Å². The molecule has 1 aliphatic heterocycles. The standard InChI is InChI=1S/C16H14F3NO5S/c1-10(11-6-7-12-14(8-11)24-9-23-12)20-26(21,22)15-5-3-2-4-13(15)25-16(17,18)19/h2-8,10,20H,9H2,1H3. The van der Waals surface area contributed by atoms with Crippen LogP contribution in [-0.2, 0) is 10.0 Å². The number of hydrogen-bond donors (Lipinski definition) is 1. The minimum absolute atomic E-state index is 0.0705. The summed E-state index contributed by atoms with van der Waals surface area (Å²) in [5.74, 6) is 0.201. The van der Waals surface area contributed by atoms with E-state index in [1.807, 2.05) is 0 Å². The third-order valence-corrected chi connectivity index (χ3v) is 5.17. The van der Waals surface area contributed by atoms with E-state index in [0.717, 1.165) is 12.1 Å². The fourth-order valence-electron chi connectivity index (χ4n) is 2.43. The zero-order valence-electron chi connectivity index (χ0n) is 13.4. The highest BCUT2D eigenvalue weighted by Gasteiger charge is 2.34. The van der Waals surface area contributed by atoms with E-state index >= 15 is 0 Å². The molecule has 0 fully saturated rings. The summed E-state index contributed by atoms with van der Waals surface area (Å²) >= 11 is 0. The van der Waals surface area contributed by atoms with E-state index < -0.39 is 33.1 Å². The molecule has 0 amide bonds. The van der Waals surface area contributed by atoms with E-state index in [-0.39, 0.29) is 6.79 Å². The smallest absolute Gasteiger partial charge is 0.454 e. The van der Waals surface area contributed by atoms with Gasteiger partial charge in [0, 0.05) is 6.04 Å². The van der Waals surface area contributed by atoms with Crippen LogP contribution in [0.1, 0.15) is 18.5 Å². The van der Waals surface area contributed by atoms with Crippen LogP contribution in [0.3, 0.4) is 0 Å². The van der Waals surface area contributed by atoms with Crippen molar-refractivity contribution >= 4 is 10.0 Å². The Bertz CT molecular complexity index is 914. The zero-order chi connectivity index (χ0) is 18.9. The molecule has 6 nitrogen and oxygen atoms in total. The SMILES string of the molecule is CC(NS(=O)(=O)c1ccccc1OC(F)(F)F)c1ccc2c(c1)OCO2. The van der Waals surface area contributed by atoms with Crippen molar-refractivity contribution in [1.82, 2.24) is 4.72 Å². The summed E-state index contributed by atoms with van der Waals surface area (Å²) < 4.78 is 79.1. The van der Waals surface area contributed by atoms with Crippen LogP contribution in [0.15, 0.2) is 47.4 Å². The Balaban J connectivity index is 1.85. The Morgan fingerprint density at radius 3 is 2.54 bits per heavy atom. The Morgan fingerprint density at radius 1 is 1.12 bits per heavy atom. The number of rotatable bonds is 5. The maximum absolute atomic E-state index is 12.5. The summed E-state index contributed by atoms with van der Waals surface area (Å²) in [5, 5.41) is 0. The van der Waals surface area contributed by atoms with Crippen molar-refractivity contribution in [2.45, 2.75) is 24.2 Å². The predicted octanol–water partition coefficient (Wildman–Crippen LogP) is 3.35. The Labute approximate surface area is 147 Å². The first-order valence-electron chi connectivity index (χ1n) is 7.42. The van der Waals surface area contributed by atoms with E-state index in [1.165, 1.54) is 12.1 Å². The third-order valence-electron chi connectivity index (χ3n) is 3.59. The van der Waals surface area contributed by atoms with E-state index in [0.29, 0.717) is 17.1 Å². The molecule has 1 unspecified atom stereocenters. The molecule has 1 N–H and O–H groups in total. The summed E-state index contributed by atoms with van der Waals surface area (Å²) in [6.45, 7) is 1.63. The molecule has 1 aliphatic rings. The van der Waals surface area contributed by atoms with E-state index in [1.54, 1.807) is 25.1 Å². The van der Waals surface area contributed by atoms with Crippen LogP contribution in [-0.4, -0.2) is 21.6 Å². The van der Waals surface area contributed by atoms with Crippen LogP contribution in [0.25, 0.3) is 0 Å². The molecule has 3 rings (SSSR count). The number of fused-ring (bicyclic) bond motifs is 1. The normalized spacial score (nSPS) is 14.9. The quantitative estimate of drug-likeness (QED) is 0.849. The highest BCUT2D eigenvalue weighted by atomic mass is 32.2. The van der Waals surface area contributed by atoms with Gasteiger partial charge < -0.3 is 14.2 Å². The molecule has 1 heterocycles. The van der Waals surface area contributed by atoms with Crippen molar-refractivity contribution in [3.05, 3.63) is 48.0 Å². The van der Waals surface area contributed by atoms with Crippen molar-refractivity contribution in [3.63, 3.8) is 0 Å². The van der Waals surface area contributed by atoms with Crippen molar-refractivity contribution < 1.29 is 35.8 Å².